The molecule has 7 heteroatoms. The molecule has 0 aliphatic heterocycles. The van der Waals surface area contributed by atoms with Crippen LogP contribution in [-0.2, 0) is 20.7 Å². The first-order valence-electron chi connectivity index (χ1n) is 7.70. The lowest BCUT2D eigenvalue weighted by Gasteiger charge is -2.23. The number of hydrogen-bond acceptors (Lipinski definition) is 6. The molecule has 0 fully saturated rings. The van der Waals surface area contributed by atoms with E-state index >= 15 is 0 Å². The number of nitrogens with one attached hydrogen (secondary N) is 1. The number of hydrogen-bond donors (Lipinski definition) is 1. The maximum Gasteiger partial charge on any atom is 0.303 e. The topological polar surface area (TPSA) is 94.7 Å². The minimum absolute atomic E-state index is 0.175. The molecular weight excluding hydrogens is 326 g/mol. The van der Waals surface area contributed by atoms with E-state index in [0.717, 1.165) is 0 Å². The molecule has 0 radical (unpaired) electrons. The summed E-state index contributed by atoms with van der Waals surface area (Å²) in [5.74, 6) is -0.188. The molecule has 7 nitrogen and oxygen atoms in total. The second-order valence-corrected chi connectivity index (χ2v) is 6.05. The third-order valence-electron chi connectivity index (χ3n) is 3.89. The van der Waals surface area contributed by atoms with Gasteiger partial charge in [0.25, 0.3) is 5.56 Å². The Kier molecular flexibility index (Phi) is 5.15. The van der Waals surface area contributed by atoms with Crippen molar-refractivity contribution in [3.05, 3.63) is 34.1 Å². The van der Waals surface area contributed by atoms with Crippen molar-refractivity contribution < 1.29 is 23.8 Å². The predicted octanol–water partition coefficient (Wildman–Crippen LogP) is 2.00. The fourth-order valence-electron chi connectivity index (χ4n) is 2.66. The van der Waals surface area contributed by atoms with Gasteiger partial charge in [0, 0.05) is 18.7 Å². The van der Waals surface area contributed by atoms with Gasteiger partial charge in [-0.3, -0.25) is 14.4 Å². The molecule has 2 aromatic rings. The Hall–Kier alpha value is -2.83. The highest BCUT2D eigenvalue weighted by molar-refractivity contribution is 5.94. The zero-order valence-corrected chi connectivity index (χ0v) is 14.9. The van der Waals surface area contributed by atoms with E-state index in [9.17, 15) is 14.4 Å². The summed E-state index contributed by atoms with van der Waals surface area (Å²) in [5, 5.41) is 0.620. The lowest BCUT2D eigenvalue weighted by Crippen LogP contribution is -2.38. The minimum Gasteiger partial charge on any atom is -0.496 e. The number of Topliss-reactive ketones (excluding diaryl/α,β-unsaturated/α-hetero) is 1. The number of carbonyl (C=O) groups excluding carboxylic acids is 2. The molecule has 1 aromatic carbocycles. The van der Waals surface area contributed by atoms with Gasteiger partial charge in [-0.15, -0.1) is 0 Å². The van der Waals surface area contributed by atoms with Gasteiger partial charge in [-0.25, -0.2) is 0 Å². The number of rotatable bonds is 6. The molecule has 25 heavy (non-hydrogen) atoms. The van der Waals surface area contributed by atoms with E-state index in [1.54, 1.807) is 18.2 Å². The number of ether oxygens (including phenoxy) is 3. The van der Waals surface area contributed by atoms with Crippen LogP contribution in [0.5, 0.6) is 11.5 Å². The van der Waals surface area contributed by atoms with Crippen molar-refractivity contribution in [3.8, 4) is 11.5 Å². The molecule has 1 N–H and O–H groups in total. The molecule has 0 spiro atoms. The predicted molar refractivity (Wildman–Crippen MR) is 92.2 cm³/mol. The number of para-hydroxylation sites is 1. The first-order valence-corrected chi connectivity index (χ1v) is 7.70. The lowest BCUT2D eigenvalue weighted by molar-refractivity contribution is -0.161. The number of H-pyrrole nitrogens is 1. The van der Waals surface area contributed by atoms with Gasteiger partial charge >= 0.3 is 5.97 Å². The Morgan fingerprint density at radius 2 is 1.84 bits per heavy atom. The Bertz CT molecular complexity index is 881. The SMILES string of the molecule is COc1c(CC(=O)C(C)(C)OC(C)=O)c(=O)[nH]c2c(OC)cccc12. The lowest BCUT2D eigenvalue weighted by atomic mass is 9.96. The van der Waals surface area contributed by atoms with Crippen LogP contribution in [0.1, 0.15) is 26.3 Å². The van der Waals surface area contributed by atoms with E-state index in [4.69, 9.17) is 14.2 Å². The normalized spacial score (nSPS) is 11.2. The molecule has 0 aliphatic rings. The fraction of sp³-hybridized carbons (Fsp3) is 0.389. The number of pyridine rings is 1. The molecule has 0 saturated heterocycles. The number of methoxy groups -OCH3 is 2. The zero-order valence-electron chi connectivity index (χ0n) is 14.9. The average Bonchev–Trinajstić information content (AvgIpc) is 2.53. The van der Waals surface area contributed by atoms with Gasteiger partial charge in [0.1, 0.15) is 11.5 Å². The second-order valence-electron chi connectivity index (χ2n) is 6.05. The quantitative estimate of drug-likeness (QED) is 0.803. The van der Waals surface area contributed by atoms with Gasteiger partial charge < -0.3 is 19.2 Å². The Morgan fingerprint density at radius 1 is 1.16 bits per heavy atom. The van der Waals surface area contributed by atoms with Crippen molar-refractivity contribution in [2.24, 2.45) is 0 Å². The third-order valence-corrected chi connectivity index (χ3v) is 3.89. The van der Waals surface area contributed by atoms with Gasteiger partial charge in [-0.05, 0) is 26.0 Å². The number of esters is 1. The molecule has 134 valence electrons. The molecule has 0 atom stereocenters. The van der Waals surface area contributed by atoms with E-state index in [1.165, 1.54) is 35.0 Å². The van der Waals surface area contributed by atoms with E-state index in [1.807, 2.05) is 0 Å². The molecule has 0 amide bonds. The molecule has 0 bridgehead atoms. The van der Waals surface area contributed by atoms with Gasteiger partial charge in [0.05, 0.1) is 25.3 Å². The summed E-state index contributed by atoms with van der Waals surface area (Å²) < 4.78 is 15.7. The van der Waals surface area contributed by atoms with Crippen LogP contribution < -0.4 is 15.0 Å². The van der Waals surface area contributed by atoms with E-state index in [2.05, 4.69) is 4.98 Å². The van der Waals surface area contributed by atoms with Gasteiger partial charge in [0.2, 0.25) is 0 Å². The summed E-state index contributed by atoms with van der Waals surface area (Å²) in [6, 6.07) is 5.24. The first-order chi connectivity index (χ1) is 11.7. The molecule has 1 aromatic heterocycles. The van der Waals surface area contributed by atoms with Gasteiger partial charge in [-0.2, -0.15) is 0 Å². The third kappa shape index (κ3) is 3.65. The van der Waals surface area contributed by atoms with Crippen molar-refractivity contribution in [2.75, 3.05) is 14.2 Å². The van der Waals surface area contributed by atoms with Crippen LogP contribution in [0.2, 0.25) is 0 Å². The van der Waals surface area contributed by atoms with Crippen LogP contribution in [0.25, 0.3) is 10.9 Å². The zero-order chi connectivity index (χ0) is 18.8. The van der Waals surface area contributed by atoms with Crippen LogP contribution in [0.15, 0.2) is 23.0 Å². The monoisotopic (exact) mass is 347 g/mol. The molecule has 2 rings (SSSR count). The molecule has 0 saturated carbocycles. The van der Waals surface area contributed by atoms with Crippen molar-refractivity contribution >= 4 is 22.7 Å². The summed E-state index contributed by atoms with van der Waals surface area (Å²) in [5.41, 5.74) is -1.14. The van der Waals surface area contributed by atoms with E-state index in [-0.39, 0.29) is 12.0 Å². The maximum absolute atomic E-state index is 12.5. The summed E-state index contributed by atoms with van der Waals surface area (Å²) in [6.07, 6.45) is -0.230. The standard InChI is InChI=1S/C18H21NO6/c1-10(20)25-18(2,3)14(21)9-12-16(24-5)11-7-6-8-13(23-4)15(11)19-17(12)22/h6-8H,9H2,1-5H3,(H,19,22). The summed E-state index contributed by atoms with van der Waals surface area (Å²) in [4.78, 5) is 39.0. The molecule has 0 unspecified atom stereocenters. The van der Waals surface area contributed by atoms with Gasteiger partial charge in [0.15, 0.2) is 11.4 Å². The van der Waals surface area contributed by atoms with E-state index in [0.29, 0.717) is 22.4 Å². The van der Waals surface area contributed by atoms with Crippen LogP contribution in [-0.4, -0.2) is 36.6 Å². The largest absolute Gasteiger partial charge is 0.496 e. The van der Waals surface area contributed by atoms with Crippen molar-refractivity contribution in [2.45, 2.75) is 32.8 Å². The number of ketones is 1. The first kappa shape index (κ1) is 18.5. The molecule has 0 aliphatic carbocycles. The van der Waals surface area contributed by atoms with Gasteiger partial charge in [-0.1, -0.05) is 6.07 Å². The highest BCUT2D eigenvalue weighted by Crippen LogP contribution is 2.32. The Labute approximate surface area is 144 Å². The summed E-state index contributed by atoms with van der Waals surface area (Å²) in [6.45, 7) is 4.20. The van der Waals surface area contributed by atoms with E-state index < -0.39 is 22.9 Å². The van der Waals surface area contributed by atoms with Crippen LogP contribution in [0.3, 0.4) is 0 Å². The average molecular weight is 347 g/mol. The summed E-state index contributed by atoms with van der Waals surface area (Å²) in [7, 11) is 2.93. The fourth-order valence-corrected chi connectivity index (χ4v) is 2.66. The highest BCUT2D eigenvalue weighted by atomic mass is 16.6. The number of benzene rings is 1. The summed E-state index contributed by atoms with van der Waals surface area (Å²) >= 11 is 0. The second kappa shape index (κ2) is 6.96. The Morgan fingerprint density at radius 3 is 2.40 bits per heavy atom. The molecular formula is C18H21NO6. The number of carbonyl (C=O) groups is 2. The van der Waals surface area contributed by atoms with Crippen LogP contribution in [0.4, 0.5) is 0 Å². The maximum atomic E-state index is 12.5. The van der Waals surface area contributed by atoms with Crippen LogP contribution >= 0.6 is 0 Å². The molecule has 1 heterocycles. The smallest absolute Gasteiger partial charge is 0.303 e. The van der Waals surface area contributed by atoms with Crippen molar-refractivity contribution in [1.82, 2.24) is 4.98 Å². The number of aromatic amines is 1. The number of aromatic nitrogens is 1. The van der Waals surface area contributed by atoms with Crippen LogP contribution in [0, 0.1) is 0 Å². The number of fused-ring (bicyclic) bond motifs is 1. The van der Waals surface area contributed by atoms with Crippen molar-refractivity contribution in [3.63, 3.8) is 0 Å². The minimum atomic E-state index is -1.34. The highest BCUT2D eigenvalue weighted by Gasteiger charge is 2.32. The van der Waals surface area contributed by atoms with Crippen molar-refractivity contribution in [1.29, 1.82) is 0 Å². The Balaban J connectivity index is 2.55.